The van der Waals surface area contributed by atoms with Gasteiger partial charge in [-0.15, -0.1) is 0 Å². The molecule has 0 saturated carbocycles. The summed E-state index contributed by atoms with van der Waals surface area (Å²) in [5.74, 6) is 0. The van der Waals surface area contributed by atoms with Gasteiger partial charge in [-0.1, -0.05) is 18.2 Å². The van der Waals surface area contributed by atoms with E-state index in [1.165, 1.54) is 0 Å². The number of hydrogen-bond acceptors (Lipinski definition) is 2. The summed E-state index contributed by atoms with van der Waals surface area (Å²) in [6, 6.07) is 16.7. The van der Waals surface area contributed by atoms with Crippen LogP contribution >= 0.6 is 0 Å². The summed E-state index contributed by atoms with van der Waals surface area (Å²) in [7, 11) is 0. The van der Waals surface area contributed by atoms with Crippen LogP contribution in [0.5, 0.6) is 0 Å². The van der Waals surface area contributed by atoms with Crippen LogP contribution in [0.2, 0.25) is 0 Å². The zero-order valence-electron chi connectivity index (χ0n) is 11.7. The van der Waals surface area contributed by atoms with Gasteiger partial charge >= 0.3 is 6.03 Å². The van der Waals surface area contributed by atoms with E-state index in [9.17, 15) is 4.79 Å². The number of nitrogens with one attached hydrogen (secondary N) is 1. The molecule has 4 nitrogen and oxygen atoms in total. The van der Waals surface area contributed by atoms with Gasteiger partial charge in [0, 0.05) is 11.7 Å². The molecule has 2 amide bonds. The number of anilines is 3. The molecule has 0 radical (unpaired) electrons. The van der Waals surface area contributed by atoms with E-state index in [4.69, 9.17) is 5.73 Å². The highest BCUT2D eigenvalue weighted by Crippen LogP contribution is 2.26. The van der Waals surface area contributed by atoms with E-state index in [0.717, 1.165) is 11.4 Å². The molecule has 0 heterocycles. The highest BCUT2D eigenvalue weighted by molar-refractivity contribution is 5.99. The first-order valence-electron chi connectivity index (χ1n) is 6.59. The standard InChI is InChI=1S/C16H19N3O/c1-12(2)18-16(20)19(14-6-4-3-5-7-14)15-10-8-13(17)9-11-15/h3-12H,17H2,1-2H3,(H,18,20). The van der Waals surface area contributed by atoms with Crippen molar-refractivity contribution in [2.75, 3.05) is 10.6 Å². The van der Waals surface area contributed by atoms with E-state index in [0.29, 0.717) is 5.69 Å². The maximum atomic E-state index is 12.4. The number of benzene rings is 2. The highest BCUT2D eigenvalue weighted by atomic mass is 16.2. The van der Waals surface area contributed by atoms with Crippen LogP contribution in [0.15, 0.2) is 54.6 Å². The molecule has 2 aromatic carbocycles. The quantitative estimate of drug-likeness (QED) is 0.837. The SMILES string of the molecule is CC(C)NC(=O)N(c1ccccc1)c1ccc(N)cc1. The Morgan fingerprint density at radius 3 is 2.10 bits per heavy atom. The molecule has 2 rings (SSSR count). The predicted octanol–water partition coefficient (Wildman–Crippen LogP) is 3.52. The van der Waals surface area contributed by atoms with Gasteiger partial charge in [0.25, 0.3) is 0 Å². The predicted molar refractivity (Wildman–Crippen MR) is 83.1 cm³/mol. The zero-order valence-corrected chi connectivity index (χ0v) is 11.7. The Balaban J connectivity index is 2.39. The lowest BCUT2D eigenvalue weighted by molar-refractivity contribution is 0.246. The van der Waals surface area contributed by atoms with Crippen molar-refractivity contribution in [1.29, 1.82) is 0 Å². The Bertz CT molecular complexity index is 564. The lowest BCUT2D eigenvalue weighted by atomic mass is 10.2. The van der Waals surface area contributed by atoms with Crippen LogP contribution < -0.4 is 16.0 Å². The molecular weight excluding hydrogens is 250 g/mol. The van der Waals surface area contributed by atoms with Crippen molar-refractivity contribution in [3.8, 4) is 0 Å². The normalized spacial score (nSPS) is 10.3. The van der Waals surface area contributed by atoms with Crippen LogP contribution in [0.4, 0.5) is 21.9 Å². The van der Waals surface area contributed by atoms with Crippen molar-refractivity contribution in [3.63, 3.8) is 0 Å². The summed E-state index contributed by atoms with van der Waals surface area (Å²) in [6.45, 7) is 3.87. The number of amides is 2. The fraction of sp³-hybridized carbons (Fsp3) is 0.188. The second-order valence-electron chi connectivity index (χ2n) is 4.87. The molecule has 0 atom stereocenters. The fourth-order valence-corrected chi connectivity index (χ4v) is 1.90. The van der Waals surface area contributed by atoms with Crippen molar-refractivity contribution in [3.05, 3.63) is 54.6 Å². The number of nitrogens with two attached hydrogens (primary N) is 1. The maximum Gasteiger partial charge on any atom is 0.326 e. The third kappa shape index (κ3) is 3.29. The first-order chi connectivity index (χ1) is 9.58. The van der Waals surface area contributed by atoms with Gasteiger partial charge in [0.1, 0.15) is 0 Å². The number of urea groups is 1. The smallest absolute Gasteiger partial charge is 0.326 e. The minimum atomic E-state index is -0.157. The van der Waals surface area contributed by atoms with Gasteiger partial charge in [-0.2, -0.15) is 0 Å². The summed E-state index contributed by atoms with van der Waals surface area (Å²) in [4.78, 5) is 14.1. The summed E-state index contributed by atoms with van der Waals surface area (Å²) < 4.78 is 0. The molecule has 0 spiro atoms. The fourth-order valence-electron chi connectivity index (χ4n) is 1.90. The first kappa shape index (κ1) is 13.9. The maximum absolute atomic E-state index is 12.4. The van der Waals surface area contributed by atoms with E-state index < -0.39 is 0 Å². The molecule has 0 aliphatic rings. The Kier molecular flexibility index (Phi) is 4.25. The number of nitrogen functional groups attached to an aromatic ring is 1. The number of nitrogens with zero attached hydrogens (tertiary/aromatic N) is 1. The molecule has 20 heavy (non-hydrogen) atoms. The van der Waals surface area contributed by atoms with Crippen LogP contribution in [0, 0.1) is 0 Å². The van der Waals surface area contributed by atoms with E-state index in [2.05, 4.69) is 5.32 Å². The van der Waals surface area contributed by atoms with Gasteiger partial charge < -0.3 is 11.1 Å². The molecule has 0 bridgehead atoms. The summed E-state index contributed by atoms with van der Waals surface area (Å²) in [6.07, 6.45) is 0. The van der Waals surface area contributed by atoms with Crippen molar-refractivity contribution in [1.82, 2.24) is 5.32 Å². The van der Waals surface area contributed by atoms with Gasteiger partial charge in [-0.3, -0.25) is 4.90 Å². The molecule has 104 valence electrons. The lowest BCUT2D eigenvalue weighted by Crippen LogP contribution is -2.40. The monoisotopic (exact) mass is 269 g/mol. The Labute approximate surface area is 119 Å². The van der Waals surface area contributed by atoms with Gasteiger partial charge in [-0.05, 0) is 50.2 Å². The second kappa shape index (κ2) is 6.10. The minimum Gasteiger partial charge on any atom is -0.399 e. The topological polar surface area (TPSA) is 58.4 Å². The summed E-state index contributed by atoms with van der Waals surface area (Å²) in [5.41, 5.74) is 7.97. The molecule has 2 aromatic rings. The molecule has 0 unspecified atom stereocenters. The molecule has 0 fully saturated rings. The average Bonchev–Trinajstić information content (AvgIpc) is 2.42. The van der Waals surface area contributed by atoms with E-state index >= 15 is 0 Å². The van der Waals surface area contributed by atoms with Crippen LogP contribution in [-0.4, -0.2) is 12.1 Å². The van der Waals surface area contributed by atoms with E-state index in [1.807, 2.05) is 56.3 Å². The summed E-state index contributed by atoms with van der Waals surface area (Å²) in [5, 5.41) is 2.91. The molecule has 0 aliphatic heterocycles. The Morgan fingerprint density at radius 2 is 1.55 bits per heavy atom. The Hall–Kier alpha value is -2.49. The molecule has 3 N–H and O–H groups in total. The minimum absolute atomic E-state index is 0.0718. The number of carbonyl (C=O) groups excluding carboxylic acids is 1. The van der Waals surface area contributed by atoms with Crippen LogP contribution in [0.25, 0.3) is 0 Å². The second-order valence-corrected chi connectivity index (χ2v) is 4.87. The van der Waals surface area contributed by atoms with Crippen molar-refractivity contribution in [2.45, 2.75) is 19.9 Å². The van der Waals surface area contributed by atoms with Crippen molar-refractivity contribution < 1.29 is 4.79 Å². The van der Waals surface area contributed by atoms with Gasteiger partial charge in [0.05, 0.1) is 11.4 Å². The average molecular weight is 269 g/mol. The molecule has 0 saturated heterocycles. The molecule has 0 aromatic heterocycles. The van der Waals surface area contributed by atoms with Gasteiger partial charge in [0.2, 0.25) is 0 Å². The van der Waals surface area contributed by atoms with Crippen LogP contribution in [0.1, 0.15) is 13.8 Å². The number of para-hydroxylation sites is 1. The summed E-state index contributed by atoms with van der Waals surface area (Å²) >= 11 is 0. The highest BCUT2D eigenvalue weighted by Gasteiger charge is 2.18. The van der Waals surface area contributed by atoms with Gasteiger partial charge in [0.15, 0.2) is 0 Å². The molecule has 4 heteroatoms. The number of hydrogen-bond donors (Lipinski definition) is 2. The van der Waals surface area contributed by atoms with Crippen molar-refractivity contribution >= 4 is 23.1 Å². The van der Waals surface area contributed by atoms with Crippen LogP contribution in [0.3, 0.4) is 0 Å². The Morgan fingerprint density at radius 1 is 1.00 bits per heavy atom. The number of carbonyl (C=O) groups is 1. The van der Waals surface area contributed by atoms with Gasteiger partial charge in [-0.25, -0.2) is 4.79 Å². The number of rotatable bonds is 3. The largest absolute Gasteiger partial charge is 0.399 e. The first-order valence-corrected chi connectivity index (χ1v) is 6.59. The third-order valence-electron chi connectivity index (χ3n) is 2.78. The lowest BCUT2D eigenvalue weighted by Gasteiger charge is -2.24. The molecular formula is C16H19N3O. The van der Waals surface area contributed by atoms with E-state index in [-0.39, 0.29) is 12.1 Å². The van der Waals surface area contributed by atoms with E-state index in [1.54, 1.807) is 17.0 Å². The third-order valence-corrected chi connectivity index (χ3v) is 2.78. The van der Waals surface area contributed by atoms with Crippen molar-refractivity contribution in [2.24, 2.45) is 0 Å². The molecule has 0 aliphatic carbocycles. The van der Waals surface area contributed by atoms with Crippen LogP contribution in [-0.2, 0) is 0 Å². The zero-order chi connectivity index (χ0) is 14.5.